The van der Waals surface area contributed by atoms with Crippen LogP contribution in [0.3, 0.4) is 0 Å². The zero-order valence-corrected chi connectivity index (χ0v) is 22.9. The van der Waals surface area contributed by atoms with Crippen LogP contribution in [0.1, 0.15) is 80.1 Å². The van der Waals surface area contributed by atoms with Crippen molar-refractivity contribution in [3.05, 3.63) is 0 Å². The van der Waals surface area contributed by atoms with Crippen LogP contribution in [0.25, 0.3) is 0 Å². The maximum atomic E-state index is 13.1. The summed E-state index contributed by atoms with van der Waals surface area (Å²) in [6.45, 7) is 13.4. The first kappa shape index (κ1) is 27.3. The van der Waals surface area contributed by atoms with Crippen LogP contribution >= 0.6 is 0 Å². The molecule has 3 saturated carbocycles. The minimum atomic E-state index is -0.734. The molecule has 0 aromatic heterocycles. The highest BCUT2D eigenvalue weighted by atomic mass is 16.5. The Hall–Kier alpha value is -0.690. The summed E-state index contributed by atoms with van der Waals surface area (Å²) in [5, 5.41) is 32.7. The quantitative estimate of drug-likeness (QED) is 0.482. The van der Waals surface area contributed by atoms with Gasteiger partial charge in [-0.3, -0.25) is 4.79 Å². The van der Waals surface area contributed by atoms with Crippen LogP contribution in [-0.2, 0) is 14.3 Å². The van der Waals surface area contributed by atoms with Gasteiger partial charge < -0.3 is 24.8 Å². The molecule has 3 N–H and O–H groups in total. The average Bonchev–Trinajstić information content (AvgIpc) is 3.13. The van der Waals surface area contributed by atoms with Gasteiger partial charge in [0.05, 0.1) is 36.9 Å². The molecule has 6 heteroatoms. The summed E-state index contributed by atoms with van der Waals surface area (Å²) in [7, 11) is 1.66. The van der Waals surface area contributed by atoms with Crippen molar-refractivity contribution in [3.8, 4) is 0 Å². The van der Waals surface area contributed by atoms with E-state index < -0.39 is 18.3 Å². The van der Waals surface area contributed by atoms with Gasteiger partial charge in [-0.25, -0.2) is 0 Å². The lowest BCUT2D eigenvalue weighted by molar-refractivity contribution is -0.164. The van der Waals surface area contributed by atoms with E-state index in [1.807, 2.05) is 6.92 Å². The van der Waals surface area contributed by atoms with E-state index in [1.165, 1.54) is 0 Å². The number of rotatable bonds is 6. The van der Waals surface area contributed by atoms with Gasteiger partial charge in [0.1, 0.15) is 0 Å². The maximum absolute atomic E-state index is 13.1. The summed E-state index contributed by atoms with van der Waals surface area (Å²) >= 11 is 0. The van der Waals surface area contributed by atoms with Gasteiger partial charge in [-0.1, -0.05) is 41.5 Å². The second kappa shape index (κ2) is 9.89. The molecule has 4 fully saturated rings. The largest absolute Gasteiger partial charge is 0.465 e. The number of cyclic esters (lactones) is 1. The number of aliphatic hydroxyl groups excluding tert-OH is 3. The summed E-state index contributed by atoms with van der Waals surface area (Å²) in [5.74, 6) is 1.33. The van der Waals surface area contributed by atoms with Crippen molar-refractivity contribution in [2.45, 2.75) is 104 Å². The van der Waals surface area contributed by atoms with Crippen LogP contribution in [0.4, 0.5) is 0 Å². The number of methoxy groups -OCH3 is 1. The van der Waals surface area contributed by atoms with Gasteiger partial charge in [-0.15, -0.1) is 0 Å². The SMILES string of the molecule is CO[C@@H]1C[C@@]2(C)[C@H](C[C@@H]1O)C(=O)OC[C@@H]1[C@@H]2CC[C@]2(C)[C@@H]([C@H](C)[C@H](O)[C@H](O)[C@@H](C)C(C)C)CC[C@@H]12. The van der Waals surface area contributed by atoms with Crippen molar-refractivity contribution in [2.75, 3.05) is 13.7 Å². The molecule has 6 nitrogen and oxygen atoms in total. The van der Waals surface area contributed by atoms with Crippen molar-refractivity contribution in [3.63, 3.8) is 0 Å². The number of ether oxygens (including phenoxy) is 2. The number of carbonyl (C=O) groups excluding carboxylic acids is 1. The number of hydrogen-bond acceptors (Lipinski definition) is 6. The standard InChI is InChI=1S/C29H50O6/c1-15(2)16(3)25(31)26(32)17(4)19-8-9-20-18-14-35-27(33)22-12-23(30)24(34-7)13-29(22,6)21(18)10-11-28(19,20)5/h15-26,30-32H,8-14H2,1-7H3/t16-,17-,18-,19+,20-,21-,22+,23-,24+,25+,26-,28+,29+/m0/s1. The second-order valence-corrected chi connectivity index (χ2v) is 13.5. The molecular weight excluding hydrogens is 444 g/mol. The highest BCUT2D eigenvalue weighted by Gasteiger charge is 2.63. The Kier molecular flexibility index (Phi) is 7.72. The first-order valence-electron chi connectivity index (χ1n) is 14.1. The lowest BCUT2D eigenvalue weighted by Crippen LogP contribution is -2.55. The molecule has 0 aromatic carbocycles. The predicted molar refractivity (Wildman–Crippen MR) is 134 cm³/mol. The number of carbonyl (C=O) groups is 1. The molecule has 202 valence electrons. The summed E-state index contributed by atoms with van der Waals surface area (Å²) in [4.78, 5) is 13.1. The van der Waals surface area contributed by atoms with Gasteiger partial charge in [-0.05, 0) is 90.8 Å². The zero-order chi connectivity index (χ0) is 25.9. The molecule has 13 atom stereocenters. The van der Waals surface area contributed by atoms with Gasteiger partial charge in [0.2, 0.25) is 0 Å². The summed E-state index contributed by atoms with van der Waals surface area (Å²) < 4.78 is 11.6. The molecule has 0 bridgehead atoms. The van der Waals surface area contributed by atoms with E-state index in [-0.39, 0.29) is 46.6 Å². The molecule has 4 aliphatic rings. The minimum Gasteiger partial charge on any atom is -0.465 e. The summed E-state index contributed by atoms with van der Waals surface area (Å²) in [6.07, 6.45) is 2.97. The van der Waals surface area contributed by atoms with Gasteiger partial charge in [0.15, 0.2) is 0 Å². The molecule has 0 unspecified atom stereocenters. The molecule has 0 amide bonds. The smallest absolute Gasteiger partial charge is 0.309 e. The Labute approximate surface area is 212 Å². The maximum Gasteiger partial charge on any atom is 0.309 e. The van der Waals surface area contributed by atoms with Gasteiger partial charge >= 0.3 is 5.97 Å². The normalized spacial score (nSPS) is 47.1. The zero-order valence-electron chi connectivity index (χ0n) is 22.9. The van der Waals surface area contributed by atoms with E-state index in [4.69, 9.17) is 9.47 Å². The van der Waals surface area contributed by atoms with E-state index in [1.54, 1.807) is 7.11 Å². The number of esters is 1. The Morgan fingerprint density at radius 2 is 1.66 bits per heavy atom. The van der Waals surface area contributed by atoms with Crippen LogP contribution in [0, 0.1) is 58.2 Å². The van der Waals surface area contributed by atoms with Gasteiger partial charge in [0, 0.05) is 7.11 Å². The molecule has 0 aromatic rings. The van der Waals surface area contributed by atoms with Crippen molar-refractivity contribution in [2.24, 2.45) is 58.2 Å². The van der Waals surface area contributed by atoms with Gasteiger partial charge in [0.25, 0.3) is 0 Å². The first-order valence-corrected chi connectivity index (χ1v) is 14.1. The topological polar surface area (TPSA) is 96.2 Å². The van der Waals surface area contributed by atoms with Crippen LogP contribution in [-0.4, -0.2) is 59.4 Å². The van der Waals surface area contributed by atoms with Crippen molar-refractivity contribution >= 4 is 5.97 Å². The lowest BCUT2D eigenvalue weighted by atomic mass is 9.48. The van der Waals surface area contributed by atoms with E-state index in [0.29, 0.717) is 43.1 Å². The minimum absolute atomic E-state index is 0.0112. The first-order chi connectivity index (χ1) is 16.4. The Morgan fingerprint density at radius 1 is 1.00 bits per heavy atom. The Morgan fingerprint density at radius 3 is 2.29 bits per heavy atom. The summed E-state index contributed by atoms with van der Waals surface area (Å²) in [6, 6.07) is 0. The van der Waals surface area contributed by atoms with Crippen LogP contribution in [0.2, 0.25) is 0 Å². The fourth-order valence-corrected chi connectivity index (χ4v) is 9.17. The molecule has 1 saturated heterocycles. The molecule has 1 heterocycles. The van der Waals surface area contributed by atoms with Crippen LogP contribution in [0.5, 0.6) is 0 Å². The Bertz CT molecular complexity index is 770. The summed E-state index contributed by atoms with van der Waals surface area (Å²) in [5.41, 5.74) is -0.189. The number of fused-ring (bicyclic) bond motifs is 5. The van der Waals surface area contributed by atoms with Crippen LogP contribution in [0.15, 0.2) is 0 Å². The molecule has 0 spiro atoms. The van der Waals surface area contributed by atoms with Crippen LogP contribution < -0.4 is 0 Å². The third-order valence-electron chi connectivity index (χ3n) is 11.8. The fraction of sp³-hybridized carbons (Fsp3) is 0.966. The molecule has 35 heavy (non-hydrogen) atoms. The average molecular weight is 495 g/mol. The molecule has 1 aliphatic heterocycles. The third-order valence-corrected chi connectivity index (χ3v) is 11.8. The monoisotopic (exact) mass is 494 g/mol. The highest BCUT2D eigenvalue weighted by Crippen LogP contribution is 2.66. The fourth-order valence-electron chi connectivity index (χ4n) is 9.17. The van der Waals surface area contributed by atoms with Crippen molar-refractivity contribution < 1.29 is 29.6 Å². The van der Waals surface area contributed by atoms with Crippen molar-refractivity contribution in [1.29, 1.82) is 0 Å². The molecule has 4 rings (SSSR count). The third kappa shape index (κ3) is 4.38. The highest BCUT2D eigenvalue weighted by molar-refractivity contribution is 5.74. The molecule has 3 aliphatic carbocycles. The number of hydrogen-bond donors (Lipinski definition) is 3. The van der Waals surface area contributed by atoms with E-state index in [0.717, 1.165) is 25.7 Å². The van der Waals surface area contributed by atoms with E-state index >= 15 is 0 Å². The number of aliphatic hydroxyl groups is 3. The van der Waals surface area contributed by atoms with Gasteiger partial charge in [-0.2, -0.15) is 0 Å². The molecular formula is C29H50O6. The Balaban J connectivity index is 1.58. The second-order valence-electron chi connectivity index (χ2n) is 13.5. The van der Waals surface area contributed by atoms with Crippen molar-refractivity contribution in [1.82, 2.24) is 0 Å². The van der Waals surface area contributed by atoms with E-state index in [2.05, 4.69) is 34.6 Å². The predicted octanol–water partition coefficient (Wildman–Crippen LogP) is 4.04. The molecule has 0 radical (unpaired) electrons. The lowest BCUT2D eigenvalue weighted by Gasteiger charge is -2.56. The van der Waals surface area contributed by atoms with E-state index in [9.17, 15) is 20.1 Å².